The van der Waals surface area contributed by atoms with E-state index in [-0.39, 0.29) is 18.3 Å². The van der Waals surface area contributed by atoms with Crippen molar-refractivity contribution in [2.75, 3.05) is 6.54 Å². The van der Waals surface area contributed by atoms with E-state index < -0.39 is 18.7 Å². The summed E-state index contributed by atoms with van der Waals surface area (Å²) in [5.74, 6) is -1.22. The number of carbonyl (C=O) groups is 1. The first-order chi connectivity index (χ1) is 8.87. The number of hydrogen-bond donors (Lipinski definition) is 1. The van der Waals surface area contributed by atoms with Crippen molar-refractivity contribution in [2.24, 2.45) is 0 Å². The van der Waals surface area contributed by atoms with Crippen LogP contribution in [0.4, 0.5) is 13.2 Å². The summed E-state index contributed by atoms with van der Waals surface area (Å²) in [7, 11) is 0. The zero-order valence-electron chi connectivity index (χ0n) is 10.0. The van der Waals surface area contributed by atoms with Crippen LogP contribution >= 0.6 is 0 Å². The van der Waals surface area contributed by atoms with Crippen molar-refractivity contribution in [2.45, 2.75) is 31.6 Å². The summed E-state index contributed by atoms with van der Waals surface area (Å²) in [4.78, 5) is 15.9. The molecule has 19 heavy (non-hydrogen) atoms. The minimum absolute atomic E-state index is 0.0420. The Morgan fingerprint density at radius 2 is 2.16 bits per heavy atom. The summed E-state index contributed by atoms with van der Waals surface area (Å²) in [6, 6.07) is 2.92. The fraction of sp³-hybridized carbons (Fsp3) is 0.500. The van der Waals surface area contributed by atoms with Gasteiger partial charge in [-0.25, -0.2) is 9.78 Å². The number of rotatable bonds is 5. The van der Waals surface area contributed by atoms with Crippen LogP contribution in [0.25, 0.3) is 0 Å². The maximum atomic E-state index is 12.5. The van der Waals surface area contributed by atoms with Crippen molar-refractivity contribution < 1.29 is 23.1 Å². The Morgan fingerprint density at radius 3 is 2.68 bits per heavy atom. The minimum atomic E-state index is -4.28. The van der Waals surface area contributed by atoms with Crippen LogP contribution in [0.1, 0.15) is 28.9 Å². The number of halogens is 3. The van der Waals surface area contributed by atoms with Gasteiger partial charge in [-0.3, -0.25) is 4.90 Å². The Bertz CT molecular complexity index is 472. The second-order valence-electron chi connectivity index (χ2n) is 4.57. The lowest BCUT2D eigenvalue weighted by Crippen LogP contribution is -2.35. The topological polar surface area (TPSA) is 53.4 Å². The van der Waals surface area contributed by atoms with Crippen LogP contribution in [-0.2, 0) is 6.54 Å². The van der Waals surface area contributed by atoms with Gasteiger partial charge in [0.1, 0.15) is 0 Å². The van der Waals surface area contributed by atoms with Crippen molar-refractivity contribution >= 4 is 5.97 Å². The molecule has 0 bridgehead atoms. The molecule has 0 radical (unpaired) electrons. The third-order valence-corrected chi connectivity index (χ3v) is 2.91. The van der Waals surface area contributed by atoms with Crippen LogP contribution in [-0.4, -0.2) is 39.7 Å². The number of carboxylic acids is 1. The highest BCUT2D eigenvalue weighted by atomic mass is 19.4. The third kappa shape index (κ3) is 3.92. The molecule has 2 rings (SSSR count). The fourth-order valence-electron chi connectivity index (χ4n) is 1.96. The Hall–Kier alpha value is -1.63. The lowest BCUT2D eigenvalue weighted by atomic mass is 10.1. The van der Waals surface area contributed by atoms with E-state index in [1.165, 1.54) is 23.2 Å². The van der Waals surface area contributed by atoms with E-state index in [2.05, 4.69) is 4.98 Å². The van der Waals surface area contributed by atoms with E-state index in [0.29, 0.717) is 5.56 Å². The summed E-state index contributed by atoms with van der Waals surface area (Å²) in [6.45, 7) is -1.06. The average molecular weight is 274 g/mol. The number of hydrogen-bond acceptors (Lipinski definition) is 3. The van der Waals surface area contributed by atoms with Crippen LogP contribution in [0.2, 0.25) is 0 Å². The van der Waals surface area contributed by atoms with Crippen LogP contribution in [0, 0.1) is 0 Å². The van der Waals surface area contributed by atoms with E-state index in [4.69, 9.17) is 5.11 Å². The molecule has 1 saturated carbocycles. The number of aromatic nitrogens is 1. The molecule has 1 aliphatic rings. The van der Waals surface area contributed by atoms with Crippen molar-refractivity contribution in [1.82, 2.24) is 9.88 Å². The normalized spacial score (nSPS) is 15.8. The molecular formula is C12H13F3N2O2. The summed E-state index contributed by atoms with van der Waals surface area (Å²) in [6.07, 6.45) is -1.52. The largest absolute Gasteiger partial charge is 0.477 e. The Kier molecular flexibility index (Phi) is 3.75. The molecule has 4 nitrogen and oxygen atoms in total. The summed E-state index contributed by atoms with van der Waals surface area (Å²) < 4.78 is 37.4. The molecule has 0 saturated heterocycles. The highest BCUT2D eigenvalue weighted by molar-refractivity contribution is 5.86. The Balaban J connectivity index is 2.15. The van der Waals surface area contributed by atoms with Gasteiger partial charge in [0.25, 0.3) is 0 Å². The molecule has 1 aliphatic carbocycles. The molecule has 1 fully saturated rings. The van der Waals surface area contributed by atoms with Crippen LogP contribution in [0.15, 0.2) is 18.3 Å². The predicted octanol–water partition coefficient (Wildman–Crippen LogP) is 2.31. The fourth-order valence-corrected chi connectivity index (χ4v) is 1.96. The number of nitrogens with zero attached hydrogens (tertiary/aromatic N) is 2. The molecule has 7 heteroatoms. The molecule has 0 spiro atoms. The van der Waals surface area contributed by atoms with Gasteiger partial charge in [-0.2, -0.15) is 13.2 Å². The average Bonchev–Trinajstić information content (AvgIpc) is 3.10. The van der Waals surface area contributed by atoms with E-state index in [1.807, 2.05) is 0 Å². The highest BCUT2D eigenvalue weighted by Gasteiger charge is 2.38. The third-order valence-electron chi connectivity index (χ3n) is 2.91. The molecule has 1 aromatic heterocycles. The second-order valence-corrected chi connectivity index (χ2v) is 4.57. The van der Waals surface area contributed by atoms with Gasteiger partial charge >= 0.3 is 12.1 Å². The summed E-state index contributed by atoms with van der Waals surface area (Å²) in [5, 5.41) is 8.96. The lowest BCUT2D eigenvalue weighted by Gasteiger charge is -2.23. The van der Waals surface area contributed by atoms with Gasteiger partial charge in [-0.1, -0.05) is 6.07 Å². The molecule has 0 unspecified atom stereocenters. The van der Waals surface area contributed by atoms with Gasteiger partial charge in [0, 0.05) is 18.8 Å². The first-order valence-electron chi connectivity index (χ1n) is 5.85. The minimum Gasteiger partial charge on any atom is -0.477 e. The van der Waals surface area contributed by atoms with Crippen LogP contribution in [0.5, 0.6) is 0 Å². The number of carboxylic acid groups (broad SMARTS) is 1. The van der Waals surface area contributed by atoms with E-state index in [0.717, 1.165) is 12.8 Å². The Morgan fingerprint density at radius 1 is 1.47 bits per heavy atom. The van der Waals surface area contributed by atoms with Gasteiger partial charge in [0.2, 0.25) is 0 Å². The quantitative estimate of drug-likeness (QED) is 0.895. The van der Waals surface area contributed by atoms with Gasteiger partial charge in [0.15, 0.2) is 5.69 Å². The van der Waals surface area contributed by atoms with Gasteiger partial charge < -0.3 is 5.11 Å². The molecule has 0 atom stereocenters. The van der Waals surface area contributed by atoms with Crippen LogP contribution in [0.3, 0.4) is 0 Å². The van der Waals surface area contributed by atoms with Crippen molar-refractivity contribution in [3.63, 3.8) is 0 Å². The molecule has 1 aromatic rings. The predicted molar refractivity (Wildman–Crippen MR) is 60.7 cm³/mol. The molecule has 0 amide bonds. The monoisotopic (exact) mass is 274 g/mol. The Labute approximate surface area is 107 Å². The van der Waals surface area contributed by atoms with E-state index in [9.17, 15) is 18.0 Å². The SMILES string of the molecule is O=C(O)c1ncccc1CN(CC(F)(F)F)C1CC1. The second kappa shape index (κ2) is 5.16. The first-order valence-corrected chi connectivity index (χ1v) is 5.85. The highest BCUT2D eigenvalue weighted by Crippen LogP contribution is 2.31. The maximum Gasteiger partial charge on any atom is 0.401 e. The summed E-state index contributed by atoms with van der Waals surface area (Å²) in [5.41, 5.74) is 0.126. The molecule has 0 aliphatic heterocycles. The van der Waals surface area contributed by atoms with Crippen LogP contribution < -0.4 is 0 Å². The molecular weight excluding hydrogens is 261 g/mol. The zero-order valence-corrected chi connectivity index (χ0v) is 10.0. The van der Waals surface area contributed by atoms with Gasteiger partial charge in [-0.05, 0) is 24.5 Å². The molecule has 0 aromatic carbocycles. The number of alkyl halides is 3. The standard InChI is InChI=1S/C12H13F3N2O2/c13-12(14,15)7-17(9-3-4-9)6-8-2-1-5-16-10(8)11(18)19/h1-2,5,9H,3-4,6-7H2,(H,18,19). The molecule has 1 heterocycles. The molecule has 104 valence electrons. The van der Waals surface area contributed by atoms with Crippen molar-refractivity contribution in [1.29, 1.82) is 0 Å². The smallest absolute Gasteiger partial charge is 0.401 e. The maximum absolute atomic E-state index is 12.5. The van der Waals surface area contributed by atoms with E-state index in [1.54, 1.807) is 0 Å². The van der Waals surface area contributed by atoms with Crippen molar-refractivity contribution in [3.05, 3.63) is 29.6 Å². The summed E-state index contributed by atoms with van der Waals surface area (Å²) >= 11 is 0. The number of pyridine rings is 1. The zero-order chi connectivity index (χ0) is 14.0. The number of aromatic carboxylic acids is 1. The molecule has 1 N–H and O–H groups in total. The van der Waals surface area contributed by atoms with E-state index >= 15 is 0 Å². The van der Waals surface area contributed by atoms with Gasteiger partial charge in [0.05, 0.1) is 6.54 Å². The van der Waals surface area contributed by atoms with Crippen molar-refractivity contribution in [3.8, 4) is 0 Å². The van der Waals surface area contributed by atoms with Gasteiger partial charge in [-0.15, -0.1) is 0 Å². The first kappa shape index (κ1) is 13.8. The lowest BCUT2D eigenvalue weighted by molar-refractivity contribution is -0.148.